The van der Waals surface area contributed by atoms with Crippen LogP contribution in [0.25, 0.3) is 0 Å². The van der Waals surface area contributed by atoms with Gasteiger partial charge < -0.3 is 14.2 Å². The van der Waals surface area contributed by atoms with Crippen LogP contribution in [0.3, 0.4) is 0 Å². The standard InChI is InChI=1S/C21H23NO4/c23-21(17-6-7-19-20(14-17)25-13-12-24-19)26-11-10-22-9-8-18(15-22)16-4-2-1-3-5-16/h1-7,14,18H,8-13,15H2. The van der Waals surface area contributed by atoms with Crippen LogP contribution in [0.4, 0.5) is 0 Å². The molecule has 0 N–H and O–H groups in total. The lowest BCUT2D eigenvalue weighted by atomic mass is 9.99. The fourth-order valence-corrected chi connectivity index (χ4v) is 3.55. The summed E-state index contributed by atoms with van der Waals surface area (Å²) in [5.74, 6) is 1.54. The highest BCUT2D eigenvalue weighted by Gasteiger charge is 2.23. The Morgan fingerprint density at radius 1 is 1.08 bits per heavy atom. The number of carbonyl (C=O) groups excluding carboxylic acids is 1. The molecule has 1 unspecified atom stereocenters. The first kappa shape index (κ1) is 16.9. The Morgan fingerprint density at radius 2 is 1.88 bits per heavy atom. The molecule has 2 aromatic carbocycles. The molecular weight excluding hydrogens is 330 g/mol. The lowest BCUT2D eigenvalue weighted by Crippen LogP contribution is -2.26. The smallest absolute Gasteiger partial charge is 0.338 e. The van der Waals surface area contributed by atoms with Gasteiger partial charge in [-0.1, -0.05) is 30.3 Å². The van der Waals surface area contributed by atoms with Crippen molar-refractivity contribution in [1.82, 2.24) is 4.90 Å². The molecule has 0 saturated carbocycles. The number of fused-ring (bicyclic) bond motifs is 1. The third-order valence-electron chi connectivity index (χ3n) is 4.96. The first-order valence-electron chi connectivity index (χ1n) is 9.14. The number of hydrogen-bond acceptors (Lipinski definition) is 5. The summed E-state index contributed by atoms with van der Waals surface area (Å²) in [6.45, 7) is 4.26. The van der Waals surface area contributed by atoms with Crippen LogP contribution in [-0.2, 0) is 4.74 Å². The number of ether oxygens (including phenoxy) is 3. The van der Waals surface area contributed by atoms with Crippen molar-refractivity contribution in [2.45, 2.75) is 12.3 Å². The molecule has 1 atom stereocenters. The molecule has 2 aliphatic heterocycles. The van der Waals surface area contributed by atoms with Crippen LogP contribution in [0.2, 0.25) is 0 Å². The van der Waals surface area contributed by atoms with E-state index in [0.717, 1.165) is 26.1 Å². The molecule has 0 bridgehead atoms. The van der Waals surface area contributed by atoms with Crippen LogP contribution in [0.1, 0.15) is 28.3 Å². The zero-order valence-corrected chi connectivity index (χ0v) is 14.7. The second-order valence-electron chi connectivity index (χ2n) is 6.69. The number of benzene rings is 2. The first-order valence-corrected chi connectivity index (χ1v) is 9.14. The molecule has 2 aliphatic rings. The lowest BCUT2D eigenvalue weighted by molar-refractivity contribution is 0.0471. The predicted octanol–water partition coefficient (Wildman–Crippen LogP) is 3.10. The summed E-state index contributed by atoms with van der Waals surface area (Å²) >= 11 is 0. The van der Waals surface area contributed by atoms with Gasteiger partial charge in [-0.05, 0) is 42.6 Å². The molecule has 26 heavy (non-hydrogen) atoms. The molecule has 4 rings (SSSR count). The second kappa shape index (κ2) is 7.79. The minimum atomic E-state index is -0.319. The zero-order chi connectivity index (χ0) is 17.8. The van der Waals surface area contributed by atoms with Gasteiger partial charge in [0.1, 0.15) is 19.8 Å². The van der Waals surface area contributed by atoms with E-state index in [1.54, 1.807) is 18.2 Å². The van der Waals surface area contributed by atoms with E-state index in [1.165, 1.54) is 5.56 Å². The van der Waals surface area contributed by atoms with Crippen molar-refractivity contribution in [3.63, 3.8) is 0 Å². The molecule has 1 saturated heterocycles. The van der Waals surface area contributed by atoms with Gasteiger partial charge in [-0.15, -0.1) is 0 Å². The monoisotopic (exact) mass is 353 g/mol. The SMILES string of the molecule is O=C(OCCN1CCC(c2ccccc2)C1)c1ccc2c(c1)OCCO2. The fourth-order valence-electron chi connectivity index (χ4n) is 3.55. The highest BCUT2D eigenvalue weighted by Crippen LogP contribution is 2.31. The third-order valence-corrected chi connectivity index (χ3v) is 4.96. The molecule has 136 valence electrons. The van der Waals surface area contributed by atoms with Crippen LogP contribution in [0.5, 0.6) is 11.5 Å². The van der Waals surface area contributed by atoms with Crippen molar-refractivity contribution < 1.29 is 19.0 Å². The van der Waals surface area contributed by atoms with E-state index in [0.29, 0.717) is 42.8 Å². The van der Waals surface area contributed by atoms with Crippen molar-refractivity contribution in [3.8, 4) is 11.5 Å². The molecule has 1 fully saturated rings. The Balaban J connectivity index is 1.25. The second-order valence-corrected chi connectivity index (χ2v) is 6.69. The number of esters is 1. The van der Waals surface area contributed by atoms with Gasteiger partial charge in [0.05, 0.1) is 5.56 Å². The molecule has 5 heteroatoms. The first-order chi connectivity index (χ1) is 12.8. The van der Waals surface area contributed by atoms with Gasteiger partial charge in [-0.2, -0.15) is 0 Å². The maximum atomic E-state index is 12.3. The minimum absolute atomic E-state index is 0.319. The summed E-state index contributed by atoms with van der Waals surface area (Å²) in [5, 5.41) is 0. The van der Waals surface area contributed by atoms with Crippen LogP contribution in [-0.4, -0.2) is 50.3 Å². The number of rotatable bonds is 5. The Bertz CT molecular complexity index is 762. The summed E-state index contributed by atoms with van der Waals surface area (Å²) in [5.41, 5.74) is 1.89. The maximum Gasteiger partial charge on any atom is 0.338 e. The molecule has 0 spiro atoms. The van der Waals surface area contributed by atoms with Gasteiger partial charge in [-0.3, -0.25) is 4.90 Å². The molecular formula is C21H23NO4. The van der Waals surface area contributed by atoms with E-state index in [2.05, 4.69) is 29.2 Å². The fraction of sp³-hybridized carbons (Fsp3) is 0.381. The largest absolute Gasteiger partial charge is 0.486 e. The van der Waals surface area contributed by atoms with Crippen LogP contribution in [0, 0.1) is 0 Å². The topological polar surface area (TPSA) is 48.0 Å². The molecule has 0 aliphatic carbocycles. The maximum absolute atomic E-state index is 12.3. The highest BCUT2D eigenvalue weighted by molar-refractivity contribution is 5.90. The van der Waals surface area contributed by atoms with E-state index in [9.17, 15) is 4.79 Å². The van der Waals surface area contributed by atoms with Gasteiger partial charge in [0.2, 0.25) is 0 Å². The summed E-state index contributed by atoms with van der Waals surface area (Å²) in [6, 6.07) is 15.8. The molecule has 0 amide bonds. The molecule has 5 nitrogen and oxygen atoms in total. The molecule has 0 aromatic heterocycles. The summed E-state index contributed by atoms with van der Waals surface area (Å²) in [7, 11) is 0. The summed E-state index contributed by atoms with van der Waals surface area (Å²) in [6.07, 6.45) is 1.15. The van der Waals surface area contributed by atoms with E-state index in [4.69, 9.17) is 14.2 Å². The van der Waals surface area contributed by atoms with Crippen LogP contribution in [0.15, 0.2) is 48.5 Å². The van der Waals surface area contributed by atoms with Crippen LogP contribution >= 0.6 is 0 Å². The number of likely N-dealkylation sites (tertiary alicyclic amines) is 1. The normalized spacial score (nSPS) is 19.3. The average Bonchev–Trinajstić information content (AvgIpc) is 3.17. The van der Waals surface area contributed by atoms with E-state index in [1.807, 2.05) is 6.07 Å². The predicted molar refractivity (Wildman–Crippen MR) is 98.0 cm³/mol. The molecule has 2 heterocycles. The van der Waals surface area contributed by atoms with Crippen molar-refractivity contribution in [3.05, 3.63) is 59.7 Å². The Morgan fingerprint density at radius 3 is 2.73 bits per heavy atom. The van der Waals surface area contributed by atoms with E-state index >= 15 is 0 Å². The number of nitrogens with zero attached hydrogens (tertiary/aromatic N) is 1. The van der Waals surface area contributed by atoms with Crippen molar-refractivity contribution in [1.29, 1.82) is 0 Å². The minimum Gasteiger partial charge on any atom is -0.486 e. The van der Waals surface area contributed by atoms with Crippen molar-refractivity contribution in [2.24, 2.45) is 0 Å². The lowest BCUT2D eigenvalue weighted by Gasteiger charge is -2.19. The van der Waals surface area contributed by atoms with E-state index in [-0.39, 0.29) is 5.97 Å². The van der Waals surface area contributed by atoms with Crippen LogP contribution < -0.4 is 9.47 Å². The Labute approximate surface area is 153 Å². The zero-order valence-electron chi connectivity index (χ0n) is 14.7. The van der Waals surface area contributed by atoms with Crippen molar-refractivity contribution >= 4 is 5.97 Å². The van der Waals surface area contributed by atoms with Gasteiger partial charge in [0.25, 0.3) is 0 Å². The van der Waals surface area contributed by atoms with Gasteiger partial charge in [0.15, 0.2) is 11.5 Å². The van der Waals surface area contributed by atoms with Gasteiger partial charge >= 0.3 is 5.97 Å². The quantitative estimate of drug-likeness (QED) is 0.773. The molecule has 2 aromatic rings. The van der Waals surface area contributed by atoms with E-state index < -0.39 is 0 Å². The number of hydrogen-bond donors (Lipinski definition) is 0. The Hall–Kier alpha value is -2.53. The van der Waals surface area contributed by atoms with Gasteiger partial charge in [0, 0.05) is 13.1 Å². The average molecular weight is 353 g/mol. The third kappa shape index (κ3) is 3.83. The summed E-state index contributed by atoms with van der Waals surface area (Å²) in [4.78, 5) is 14.6. The highest BCUT2D eigenvalue weighted by atomic mass is 16.6. The Kier molecular flexibility index (Phi) is 5.07. The van der Waals surface area contributed by atoms with Crippen molar-refractivity contribution in [2.75, 3.05) is 39.5 Å². The van der Waals surface area contributed by atoms with Gasteiger partial charge in [-0.25, -0.2) is 4.79 Å². The summed E-state index contributed by atoms with van der Waals surface area (Å²) < 4.78 is 16.4. The number of carbonyl (C=O) groups is 1. The molecule has 0 radical (unpaired) electrons.